The minimum Gasteiger partial charge on any atom is -0.484 e. The Morgan fingerprint density at radius 1 is 1.00 bits per heavy atom. The molecule has 0 bridgehead atoms. The van der Waals surface area contributed by atoms with E-state index in [1.807, 2.05) is 31.2 Å². The van der Waals surface area contributed by atoms with Crippen LogP contribution in [0.4, 0.5) is 0 Å². The Kier molecular flexibility index (Phi) is 6.88. The Morgan fingerprint density at radius 2 is 1.74 bits per heavy atom. The molecule has 1 aliphatic rings. The molecular weight excluding hydrogens is 336 g/mol. The van der Waals surface area contributed by atoms with E-state index in [-0.39, 0.29) is 12.5 Å². The van der Waals surface area contributed by atoms with Crippen molar-refractivity contribution < 1.29 is 9.53 Å². The molecule has 0 spiro atoms. The maximum atomic E-state index is 12.2. The molecular formula is C23H30N2O2. The first-order chi connectivity index (χ1) is 13.1. The van der Waals surface area contributed by atoms with E-state index in [0.717, 1.165) is 12.3 Å². The van der Waals surface area contributed by atoms with Crippen LogP contribution in [0.25, 0.3) is 0 Å². The van der Waals surface area contributed by atoms with E-state index in [2.05, 4.69) is 35.3 Å². The molecule has 4 heteroatoms. The van der Waals surface area contributed by atoms with Gasteiger partial charge in [-0.2, -0.15) is 0 Å². The lowest BCUT2D eigenvalue weighted by Crippen LogP contribution is -2.31. The average molecular weight is 367 g/mol. The van der Waals surface area contributed by atoms with Crippen molar-refractivity contribution in [3.8, 4) is 5.75 Å². The SMILES string of the molecule is Cc1ccc(OCC(=O)NCc2ccccc2CN2CCCCC2)cc1C. The molecule has 1 amide bonds. The molecule has 4 nitrogen and oxygen atoms in total. The fraction of sp³-hybridized carbons (Fsp3) is 0.435. The molecule has 0 unspecified atom stereocenters. The van der Waals surface area contributed by atoms with Crippen molar-refractivity contribution in [3.05, 3.63) is 64.7 Å². The van der Waals surface area contributed by atoms with E-state index in [0.29, 0.717) is 6.54 Å². The molecule has 1 saturated heterocycles. The summed E-state index contributed by atoms with van der Waals surface area (Å²) in [5, 5.41) is 2.99. The molecule has 1 N–H and O–H groups in total. The summed E-state index contributed by atoms with van der Waals surface area (Å²) in [5.41, 5.74) is 4.87. The number of aryl methyl sites for hydroxylation is 2. The van der Waals surface area contributed by atoms with Crippen molar-refractivity contribution in [2.75, 3.05) is 19.7 Å². The molecule has 0 radical (unpaired) electrons. The second-order valence-corrected chi connectivity index (χ2v) is 7.42. The Morgan fingerprint density at radius 3 is 2.48 bits per heavy atom. The number of ether oxygens (including phenoxy) is 1. The summed E-state index contributed by atoms with van der Waals surface area (Å²) >= 11 is 0. The number of nitrogens with zero attached hydrogens (tertiary/aromatic N) is 1. The number of nitrogens with one attached hydrogen (secondary N) is 1. The zero-order valence-corrected chi connectivity index (χ0v) is 16.5. The van der Waals surface area contributed by atoms with Gasteiger partial charge in [-0.1, -0.05) is 36.8 Å². The summed E-state index contributed by atoms with van der Waals surface area (Å²) in [4.78, 5) is 14.7. The van der Waals surface area contributed by atoms with Gasteiger partial charge in [-0.15, -0.1) is 0 Å². The Bertz CT molecular complexity index is 767. The summed E-state index contributed by atoms with van der Waals surface area (Å²) in [6.45, 7) is 7.99. The predicted molar refractivity (Wildman–Crippen MR) is 109 cm³/mol. The van der Waals surface area contributed by atoms with Crippen molar-refractivity contribution in [1.29, 1.82) is 0 Å². The summed E-state index contributed by atoms with van der Waals surface area (Å²) in [6.07, 6.45) is 3.91. The first-order valence-electron chi connectivity index (χ1n) is 9.88. The van der Waals surface area contributed by atoms with Gasteiger partial charge >= 0.3 is 0 Å². The predicted octanol–water partition coefficient (Wildman–Crippen LogP) is 3.98. The molecule has 0 atom stereocenters. The number of hydrogen-bond donors (Lipinski definition) is 1. The second kappa shape index (κ2) is 9.56. The van der Waals surface area contributed by atoms with Crippen LogP contribution in [-0.4, -0.2) is 30.5 Å². The highest BCUT2D eigenvalue weighted by Gasteiger charge is 2.13. The fourth-order valence-corrected chi connectivity index (χ4v) is 3.44. The van der Waals surface area contributed by atoms with E-state index in [1.54, 1.807) is 0 Å². The van der Waals surface area contributed by atoms with Crippen LogP contribution in [0.1, 0.15) is 41.5 Å². The van der Waals surface area contributed by atoms with Gasteiger partial charge in [0.2, 0.25) is 0 Å². The number of carbonyl (C=O) groups excluding carboxylic acids is 1. The zero-order chi connectivity index (χ0) is 19.1. The van der Waals surface area contributed by atoms with Gasteiger partial charge in [-0.05, 0) is 74.2 Å². The monoisotopic (exact) mass is 366 g/mol. The first kappa shape index (κ1) is 19.4. The van der Waals surface area contributed by atoms with Gasteiger partial charge in [0.25, 0.3) is 5.91 Å². The van der Waals surface area contributed by atoms with E-state index in [4.69, 9.17) is 4.74 Å². The molecule has 27 heavy (non-hydrogen) atoms. The van der Waals surface area contributed by atoms with Crippen molar-refractivity contribution in [2.45, 2.75) is 46.2 Å². The third-order valence-electron chi connectivity index (χ3n) is 5.29. The largest absolute Gasteiger partial charge is 0.484 e. The van der Waals surface area contributed by atoms with Crippen LogP contribution < -0.4 is 10.1 Å². The summed E-state index contributed by atoms with van der Waals surface area (Å²) in [6, 6.07) is 14.3. The van der Waals surface area contributed by atoms with Crippen molar-refractivity contribution in [1.82, 2.24) is 10.2 Å². The standard InChI is InChI=1S/C23H30N2O2/c1-18-10-11-22(14-19(18)2)27-17-23(26)24-15-20-8-4-5-9-21(20)16-25-12-6-3-7-13-25/h4-5,8-11,14H,3,6-7,12-13,15-17H2,1-2H3,(H,24,26). The quantitative estimate of drug-likeness (QED) is 0.806. The van der Waals surface area contributed by atoms with Gasteiger partial charge in [-0.3, -0.25) is 9.69 Å². The highest BCUT2D eigenvalue weighted by atomic mass is 16.5. The van der Waals surface area contributed by atoms with Crippen LogP contribution in [0.2, 0.25) is 0 Å². The minimum atomic E-state index is -0.0963. The van der Waals surface area contributed by atoms with Crippen LogP contribution in [-0.2, 0) is 17.9 Å². The van der Waals surface area contributed by atoms with Crippen molar-refractivity contribution >= 4 is 5.91 Å². The number of hydrogen-bond acceptors (Lipinski definition) is 3. The van der Waals surface area contributed by atoms with E-state index in [9.17, 15) is 4.79 Å². The first-order valence-corrected chi connectivity index (χ1v) is 9.88. The number of likely N-dealkylation sites (tertiary alicyclic amines) is 1. The van der Waals surface area contributed by atoms with Crippen LogP contribution in [0, 0.1) is 13.8 Å². The Balaban J connectivity index is 1.50. The number of piperidine rings is 1. The highest BCUT2D eigenvalue weighted by Crippen LogP contribution is 2.17. The minimum absolute atomic E-state index is 0.0385. The van der Waals surface area contributed by atoms with E-state index in [1.165, 1.54) is 54.6 Å². The van der Waals surface area contributed by atoms with Gasteiger partial charge < -0.3 is 10.1 Å². The second-order valence-electron chi connectivity index (χ2n) is 7.42. The van der Waals surface area contributed by atoms with Gasteiger partial charge in [0, 0.05) is 13.1 Å². The maximum absolute atomic E-state index is 12.2. The third-order valence-corrected chi connectivity index (χ3v) is 5.29. The summed E-state index contributed by atoms with van der Waals surface area (Å²) in [7, 11) is 0. The number of amides is 1. The van der Waals surface area contributed by atoms with Gasteiger partial charge in [0.15, 0.2) is 6.61 Å². The number of benzene rings is 2. The molecule has 0 aliphatic carbocycles. The van der Waals surface area contributed by atoms with Crippen LogP contribution >= 0.6 is 0 Å². The molecule has 1 aliphatic heterocycles. The Hall–Kier alpha value is -2.33. The third kappa shape index (κ3) is 5.83. The smallest absolute Gasteiger partial charge is 0.258 e. The summed E-state index contributed by atoms with van der Waals surface area (Å²) in [5.74, 6) is 0.639. The topological polar surface area (TPSA) is 41.6 Å². The van der Waals surface area contributed by atoms with E-state index < -0.39 is 0 Å². The molecule has 2 aromatic carbocycles. The molecule has 0 saturated carbocycles. The number of carbonyl (C=O) groups is 1. The molecule has 3 rings (SSSR count). The van der Waals surface area contributed by atoms with Crippen LogP contribution in [0.5, 0.6) is 5.75 Å². The normalized spacial score (nSPS) is 14.7. The fourth-order valence-electron chi connectivity index (χ4n) is 3.44. The Labute approximate surface area is 162 Å². The number of rotatable bonds is 7. The maximum Gasteiger partial charge on any atom is 0.258 e. The van der Waals surface area contributed by atoms with Gasteiger partial charge in [0.1, 0.15) is 5.75 Å². The average Bonchev–Trinajstić information content (AvgIpc) is 2.69. The molecule has 1 heterocycles. The van der Waals surface area contributed by atoms with Crippen LogP contribution in [0.3, 0.4) is 0 Å². The van der Waals surface area contributed by atoms with Gasteiger partial charge in [0.05, 0.1) is 0 Å². The van der Waals surface area contributed by atoms with E-state index >= 15 is 0 Å². The highest BCUT2D eigenvalue weighted by molar-refractivity contribution is 5.77. The van der Waals surface area contributed by atoms with Crippen LogP contribution in [0.15, 0.2) is 42.5 Å². The lowest BCUT2D eigenvalue weighted by molar-refractivity contribution is -0.123. The summed E-state index contributed by atoms with van der Waals surface area (Å²) < 4.78 is 5.62. The van der Waals surface area contributed by atoms with Crippen molar-refractivity contribution in [2.24, 2.45) is 0 Å². The molecule has 144 valence electrons. The van der Waals surface area contributed by atoms with Crippen molar-refractivity contribution in [3.63, 3.8) is 0 Å². The molecule has 0 aromatic heterocycles. The van der Waals surface area contributed by atoms with Gasteiger partial charge in [-0.25, -0.2) is 0 Å². The zero-order valence-electron chi connectivity index (χ0n) is 16.5. The molecule has 2 aromatic rings. The lowest BCUT2D eigenvalue weighted by Gasteiger charge is -2.27. The lowest BCUT2D eigenvalue weighted by atomic mass is 10.0. The molecule has 1 fully saturated rings.